The molecule has 0 aliphatic rings. The molecule has 2 aromatic rings. The molecule has 22 heavy (non-hydrogen) atoms. The van der Waals surface area contributed by atoms with Gasteiger partial charge in [-0.25, -0.2) is 4.98 Å². The molecule has 0 radical (unpaired) electrons. The second-order valence-corrected chi connectivity index (χ2v) is 6.06. The maximum Gasteiger partial charge on any atom is 0.266 e. The number of hydrogen-bond acceptors (Lipinski definition) is 5. The molecule has 0 saturated carbocycles. The van der Waals surface area contributed by atoms with Gasteiger partial charge in [-0.15, -0.1) is 0 Å². The summed E-state index contributed by atoms with van der Waals surface area (Å²) in [6.45, 7) is 1.57. The van der Waals surface area contributed by atoms with Crippen LogP contribution in [0.4, 0.5) is 5.13 Å². The van der Waals surface area contributed by atoms with Gasteiger partial charge in [-0.05, 0) is 19.1 Å². The number of hydrogen-bond donors (Lipinski definition) is 2. The van der Waals surface area contributed by atoms with Gasteiger partial charge >= 0.3 is 0 Å². The Labute approximate surface area is 140 Å². The van der Waals surface area contributed by atoms with Gasteiger partial charge in [-0.1, -0.05) is 34.5 Å². The van der Waals surface area contributed by atoms with E-state index in [1.165, 1.54) is 12.3 Å². The van der Waals surface area contributed by atoms with Crippen LogP contribution in [0.1, 0.15) is 16.6 Å². The number of thiazole rings is 1. The number of benzene rings is 1. The number of rotatable bonds is 5. The van der Waals surface area contributed by atoms with Crippen LogP contribution in [-0.4, -0.2) is 22.9 Å². The lowest BCUT2D eigenvalue weighted by Crippen LogP contribution is -2.30. The molecule has 1 aromatic carbocycles. The molecule has 0 aliphatic carbocycles. The van der Waals surface area contributed by atoms with Crippen LogP contribution in [0.3, 0.4) is 0 Å². The van der Waals surface area contributed by atoms with Crippen LogP contribution in [-0.2, 0) is 4.79 Å². The van der Waals surface area contributed by atoms with Gasteiger partial charge in [-0.3, -0.25) is 14.9 Å². The molecule has 9 heteroatoms. The van der Waals surface area contributed by atoms with Gasteiger partial charge in [0.25, 0.3) is 11.8 Å². The summed E-state index contributed by atoms with van der Waals surface area (Å²) in [6.07, 6.45) is 0.505. The molecule has 0 bridgehead atoms. The molecule has 2 rings (SSSR count). The van der Waals surface area contributed by atoms with Crippen LogP contribution in [0, 0.1) is 0 Å². The predicted octanol–water partition coefficient (Wildman–Crippen LogP) is 2.95. The van der Waals surface area contributed by atoms with Crippen molar-refractivity contribution < 1.29 is 14.3 Å². The number of nitrogens with two attached hydrogens (primary N) is 1. The molecule has 0 fully saturated rings. The van der Waals surface area contributed by atoms with Crippen molar-refractivity contribution in [1.29, 1.82) is 0 Å². The number of nitrogens with one attached hydrogen (secondary N) is 1. The van der Waals surface area contributed by atoms with Gasteiger partial charge in [0.15, 0.2) is 11.2 Å². The van der Waals surface area contributed by atoms with Gasteiger partial charge in [0, 0.05) is 6.07 Å². The highest BCUT2D eigenvalue weighted by molar-refractivity contribution is 7.17. The molecule has 0 aliphatic heterocycles. The van der Waals surface area contributed by atoms with Gasteiger partial charge in [-0.2, -0.15) is 0 Å². The number of ether oxygens (including phenoxy) is 1. The topological polar surface area (TPSA) is 94.3 Å². The molecule has 2 amide bonds. The average molecular weight is 360 g/mol. The van der Waals surface area contributed by atoms with Crippen molar-refractivity contribution in [3.05, 3.63) is 39.3 Å². The molecular formula is C13H11Cl2N3O3S. The molecule has 116 valence electrons. The Morgan fingerprint density at radius 2 is 2.09 bits per heavy atom. The first-order valence-electron chi connectivity index (χ1n) is 6.05. The first kappa shape index (κ1) is 16.5. The Bertz CT molecular complexity index is 720. The number of carbonyl (C=O) groups is 2. The first-order chi connectivity index (χ1) is 10.4. The van der Waals surface area contributed by atoms with E-state index in [1.807, 2.05) is 0 Å². The number of halogens is 2. The Kier molecular flexibility index (Phi) is 5.23. The Morgan fingerprint density at radius 1 is 1.36 bits per heavy atom. The number of aromatic nitrogens is 1. The van der Waals surface area contributed by atoms with E-state index in [1.54, 1.807) is 19.1 Å². The summed E-state index contributed by atoms with van der Waals surface area (Å²) >= 11 is 12.7. The van der Waals surface area contributed by atoms with Crippen LogP contribution in [0.15, 0.2) is 24.4 Å². The third-order valence-electron chi connectivity index (χ3n) is 2.55. The standard InChI is InChI=1S/C13H11Cl2N3O3S/c1-6(21-7-2-3-8(14)9(15)4-7)12(20)18-13-17-5-10(22-13)11(16)19/h2-6H,1H3,(H2,16,19)(H,17,18,20). The number of amides is 2. The summed E-state index contributed by atoms with van der Waals surface area (Å²) in [6, 6.07) is 4.69. The summed E-state index contributed by atoms with van der Waals surface area (Å²) in [5.41, 5.74) is 5.12. The van der Waals surface area contributed by atoms with E-state index >= 15 is 0 Å². The third kappa shape index (κ3) is 4.09. The Hall–Kier alpha value is -1.83. The quantitative estimate of drug-likeness (QED) is 0.857. The maximum atomic E-state index is 12.0. The minimum absolute atomic E-state index is 0.258. The summed E-state index contributed by atoms with van der Waals surface area (Å²) in [7, 11) is 0. The van der Waals surface area contributed by atoms with E-state index in [-0.39, 0.29) is 10.0 Å². The number of carbonyl (C=O) groups excluding carboxylic acids is 2. The fraction of sp³-hybridized carbons (Fsp3) is 0.154. The van der Waals surface area contributed by atoms with Crippen molar-refractivity contribution in [1.82, 2.24) is 4.98 Å². The lowest BCUT2D eigenvalue weighted by atomic mass is 10.3. The van der Waals surface area contributed by atoms with E-state index < -0.39 is 17.9 Å². The minimum atomic E-state index is -0.793. The van der Waals surface area contributed by atoms with Gasteiger partial charge in [0.05, 0.1) is 16.2 Å². The van der Waals surface area contributed by atoms with E-state index in [4.69, 9.17) is 33.7 Å². The fourth-order valence-electron chi connectivity index (χ4n) is 1.46. The highest BCUT2D eigenvalue weighted by atomic mass is 35.5. The van der Waals surface area contributed by atoms with E-state index in [0.717, 1.165) is 11.3 Å². The molecule has 0 spiro atoms. The monoisotopic (exact) mass is 359 g/mol. The average Bonchev–Trinajstić information content (AvgIpc) is 2.91. The van der Waals surface area contributed by atoms with E-state index in [0.29, 0.717) is 15.8 Å². The normalized spacial score (nSPS) is 11.8. The smallest absolute Gasteiger partial charge is 0.266 e. The Morgan fingerprint density at radius 3 is 2.68 bits per heavy atom. The van der Waals surface area contributed by atoms with Crippen molar-refractivity contribution in [3.63, 3.8) is 0 Å². The van der Waals surface area contributed by atoms with E-state index in [2.05, 4.69) is 10.3 Å². The van der Waals surface area contributed by atoms with E-state index in [9.17, 15) is 9.59 Å². The second-order valence-electron chi connectivity index (χ2n) is 4.22. The highest BCUT2D eigenvalue weighted by Crippen LogP contribution is 2.27. The molecule has 1 unspecified atom stereocenters. The maximum absolute atomic E-state index is 12.0. The number of nitrogens with zero attached hydrogens (tertiary/aromatic N) is 1. The predicted molar refractivity (Wildman–Crippen MR) is 85.8 cm³/mol. The molecule has 1 heterocycles. The summed E-state index contributed by atoms with van der Waals surface area (Å²) < 4.78 is 5.47. The minimum Gasteiger partial charge on any atom is -0.481 e. The zero-order valence-corrected chi connectivity index (χ0v) is 13.6. The highest BCUT2D eigenvalue weighted by Gasteiger charge is 2.17. The van der Waals surface area contributed by atoms with Crippen LogP contribution < -0.4 is 15.8 Å². The molecule has 1 atom stereocenters. The summed E-state index contributed by atoms with van der Waals surface area (Å²) in [5, 5.41) is 3.53. The first-order valence-corrected chi connectivity index (χ1v) is 7.62. The van der Waals surface area contributed by atoms with Crippen LogP contribution in [0.2, 0.25) is 10.0 Å². The SMILES string of the molecule is CC(Oc1ccc(Cl)c(Cl)c1)C(=O)Nc1ncc(C(N)=O)s1. The summed E-state index contributed by atoms with van der Waals surface area (Å²) in [4.78, 5) is 27.1. The third-order valence-corrected chi connectivity index (χ3v) is 4.22. The molecule has 1 aromatic heterocycles. The van der Waals surface area contributed by atoms with Gasteiger partial charge < -0.3 is 10.5 Å². The molecule has 6 nitrogen and oxygen atoms in total. The Balaban J connectivity index is 1.99. The summed E-state index contributed by atoms with van der Waals surface area (Å²) in [5.74, 6) is -0.608. The molecule has 0 saturated heterocycles. The van der Waals surface area contributed by atoms with Crippen molar-refractivity contribution in [2.75, 3.05) is 5.32 Å². The lowest BCUT2D eigenvalue weighted by molar-refractivity contribution is -0.122. The second kappa shape index (κ2) is 6.95. The zero-order chi connectivity index (χ0) is 16.3. The van der Waals surface area contributed by atoms with Crippen LogP contribution in [0.5, 0.6) is 5.75 Å². The van der Waals surface area contributed by atoms with Crippen LogP contribution in [0.25, 0.3) is 0 Å². The van der Waals surface area contributed by atoms with Crippen molar-refractivity contribution in [2.45, 2.75) is 13.0 Å². The van der Waals surface area contributed by atoms with Gasteiger partial charge in [0.1, 0.15) is 10.6 Å². The van der Waals surface area contributed by atoms with Crippen molar-refractivity contribution >= 4 is 51.5 Å². The fourth-order valence-corrected chi connectivity index (χ4v) is 2.42. The van der Waals surface area contributed by atoms with Gasteiger partial charge in [0.2, 0.25) is 0 Å². The molecule has 3 N–H and O–H groups in total. The molecular weight excluding hydrogens is 349 g/mol. The zero-order valence-electron chi connectivity index (χ0n) is 11.3. The number of anilines is 1. The van der Waals surface area contributed by atoms with Crippen LogP contribution >= 0.6 is 34.5 Å². The lowest BCUT2D eigenvalue weighted by Gasteiger charge is -2.14. The largest absolute Gasteiger partial charge is 0.481 e. The van der Waals surface area contributed by atoms with Crippen molar-refractivity contribution in [3.8, 4) is 5.75 Å². The van der Waals surface area contributed by atoms with Crippen molar-refractivity contribution in [2.24, 2.45) is 5.73 Å². The number of primary amides is 1.